The standard InChI is InChI=1S/C12H23ClN2O2/c1-11(2,3)17-10(16)15-8-6-7-14-9-12(4,5)13/h9H,6-8H2,1-5H3,(H,15,16). The second-order valence-corrected chi connectivity index (χ2v) is 6.36. The van der Waals surface area contributed by atoms with Gasteiger partial charge in [-0.3, -0.25) is 4.99 Å². The van der Waals surface area contributed by atoms with E-state index >= 15 is 0 Å². The Morgan fingerprint density at radius 3 is 2.41 bits per heavy atom. The average Bonchev–Trinajstić information content (AvgIpc) is 2.06. The molecule has 0 aliphatic rings. The van der Waals surface area contributed by atoms with Gasteiger partial charge in [0.05, 0.1) is 4.87 Å². The number of halogens is 1. The molecule has 0 heterocycles. The minimum absolute atomic E-state index is 0.390. The molecule has 0 saturated carbocycles. The van der Waals surface area contributed by atoms with Crippen LogP contribution in [0, 0.1) is 0 Å². The Labute approximate surface area is 109 Å². The number of alkyl carbamates (subject to hydrolysis) is 1. The lowest BCUT2D eigenvalue weighted by atomic mass is 10.2. The molecule has 0 aromatic heterocycles. The molecule has 0 aliphatic carbocycles. The van der Waals surface area contributed by atoms with Gasteiger partial charge in [0.15, 0.2) is 0 Å². The van der Waals surface area contributed by atoms with Gasteiger partial charge in [-0.05, 0) is 41.0 Å². The number of rotatable bonds is 5. The van der Waals surface area contributed by atoms with Crippen LogP contribution in [0.15, 0.2) is 4.99 Å². The summed E-state index contributed by atoms with van der Waals surface area (Å²) in [7, 11) is 0. The van der Waals surface area contributed by atoms with E-state index in [0.717, 1.165) is 6.42 Å². The number of alkyl halides is 1. The first-order chi connectivity index (χ1) is 7.60. The number of amides is 1. The van der Waals surface area contributed by atoms with Crippen LogP contribution >= 0.6 is 11.6 Å². The Bertz CT molecular complexity index is 265. The summed E-state index contributed by atoms with van der Waals surface area (Å²) < 4.78 is 5.09. The van der Waals surface area contributed by atoms with E-state index in [4.69, 9.17) is 16.3 Å². The van der Waals surface area contributed by atoms with E-state index < -0.39 is 10.5 Å². The van der Waals surface area contributed by atoms with Gasteiger partial charge in [0.1, 0.15) is 5.60 Å². The Balaban J connectivity index is 3.59. The van der Waals surface area contributed by atoms with Crippen molar-refractivity contribution in [2.45, 2.75) is 51.5 Å². The van der Waals surface area contributed by atoms with E-state index in [2.05, 4.69) is 10.3 Å². The van der Waals surface area contributed by atoms with Crippen LogP contribution in [-0.4, -0.2) is 35.9 Å². The molecule has 4 nitrogen and oxygen atoms in total. The summed E-state index contributed by atoms with van der Waals surface area (Å²) in [4.78, 5) is 15.0. The lowest BCUT2D eigenvalue weighted by molar-refractivity contribution is 0.0527. The fourth-order valence-electron chi connectivity index (χ4n) is 0.957. The van der Waals surface area contributed by atoms with Gasteiger partial charge in [0.25, 0.3) is 0 Å². The second-order valence-electron chi connectivity index (χ2n) is 5.38. The third kappa shape index (κ3) is 13.2. The predicted molar refractivity (Wildman–Crippen MR) is 72.1 cm³/mol. The summed E-state index contributed by atoms with van der Waals surface area (Å²) in [5, 5.41) is 2.67. The molecular formula is C12H23ClN2O2. The first-order valence-corrected chi connectivity index (χ1v) is 6.15. The summed E-state index contributed by atoms with van der Waals surface area (Å²) in [5.74, 6) is 0. The molecule has 0 aromatic rings. The van der Waals surface area contributed by atoms with Crippen LogP contribution in [0.1, 0.15) is 41.0 Å². The van der Waals surface area contributed by atoms with Crippen LogP contribution in [0.4, 0.5) is 4.79 Å². The number of nitrogens with one attached hydrogen (secondary N) is 1. The van der Waals surface area contributed by atoms with Crippen molar-refractivity contribution in [3.05, 3.63) is 0 Å². The van der Waals surface area contributed by atoms with Gasteiger partial charge in [-0.15, -0.1) is 11.6 Å². The zero-order valence-corrected chi connectivity index (χ0v) is 12.1. The zero-order valence-electron chi connectivity index (χ0n) is 11.3. The van der Waals surface area contributed by atoms with Crippen molar-refractivity contribution in [1.82, 2.24) is 5.32 Å². The largest absolute Gasteiger partial charge is 0.444 e. The van der Waals surface area contributed by atoms with Crippen molar-refractivity contribution in [2.75, 3.05) is 13.1 Å². The van der Waals surface area contributed by atoms with E-state index in [1.165, 1.54) is 0 Å². The predicted octanol–water partition coefficient (Wildman–Crippen LogP) is 2.99. The normalized spacial score (nSPS) is 12.8. The Kier molecular flexibility index (Phi) is 6.53. The highest BCUT2D eigenvalue weighted by Crippen LogP contribution is 2.08. The number of hydrogen-bond acceptors (Lipinski definition) is 3. The van der Waals surface area contributed by atoms with Gasteiger partial charge in [-0.25, -0.2) is 4.79 Å². The van der Waals surface area contributed by atoms with E-state index in [-0.39, 0.29) is 6.09 Å². The van der Waals surface area contributed by atoms with Gasteiger partial charge >= 0.3 is 6.09 Å². The molecule has 17 heavy (non-hydrogen) atoms. The lowest BCUT2D eigenvalue weighted by Gasteiger charge is -2.19. The lowest BCUT2D eigenvalue weighted by Crippen LogP contribution is -2.33. The molecule has 0 atom stereocenters. The van der Waals surface area contributed by atoms with Gasteiger partial charge in [-0.2, -0.15) is 0 Å². The number of carbonyl (C=O) groups is 1. The first kappa shape index (κ1) is 16.2. The first-order valence-electron chi connectivity index (χ1n) is 5.77. The quantitative estimate of drug-likeness (QED) is 0.470. The molecule has 0 rings (SSSR count). The molecule has 0 saturated heterocycles. The second kappa shape index (κ2) is 6.84. The summed E-state index contributed by atoms with van der Waals surface area (Å²) >= 11 is 5.93. The summed E-state index contributed by atoms with van der Waals surface area (Å²) in [6.07, 6.45) is 2.09. The van der Waals surface area contributed by atoms with Crippen LogP contribution in [0.2, 0.25) is 0 Å². The maximum atomic E-state index is 11.3. The van der Waals surface area contributed by atoms with Crippen LogP contribution < -0.4 is 5.32 Å². The molecule has 0 aromatic carbocycles. The SMILES string of the molecule is CC(C)(Cl)C=NCCCNC(=O)OC(C)(C)C. The summed E-state index contributed by atoms with van der Waals surface area (Å²) in [6.45, 7) is 10.4. The highest BCUT2D eigenvalue weighted by molar-refractivity contribution is 6.31. The third-order valence-electron chi connectivity index (χ3n) is 1.53. The van der Waals surface area contributed by atoms with E-state index in [9.17, 15) is 4.79 Å². The number of ether oxygens (including phenoxy) is 1. The number of carbonyl (C=O) groups excluding carboxylic acids is 1. The minimum Gasteiger partial charge on any atom is -0.444 e. The fourth-order valence-corrected chi connectivity index (χ4v) is 1.03. The molecule has 1 amide bonds. The fraction of sp³-hybridized carbons (Fsp3) is 0.833. The van der Waals surface area contributed by atoms with Gasteiger partial charge in [0, 0.05) is 19.3 Å². The van der Waals surface area contributed by atoms with Crippen molar-refractivity contribution in [3.8, 4) is 0 Å². The average molecular weight is 263 g/mol. The van der Waals surface area contributed by atoms with Gasteiger partial charge < -0.3 is 10.1 Å². The van der Waals surface area contributed by atoms with E-state index in [1.807, 2.05) is 34.6 Å². The summed E-state index contributed by atoms with van der Waals surface area (Å²) in [6, 6.07) is 0. The van der Waals surface area contributed by atoms with Crippen LogP contribution in [0.3, 0.4) is 0 Å². The molecule has 0 bridgehead atoms. The monoisotopic (exact) mass is 262 g/mol. The number of nitrogens with zero attached hydrogens (tertiary/aromatic N) is 1. The highest BCUT2D eigenvalue weighted by atomic mass is 35.5. The van der Waals surface area contributed by atoms with Gasteiger partial charge in [-0.1, -0.05) is 0 Å². The van der Waals surface area contributed by atoms with Crippen molar-refractivity contribution in [2.24, 2.45) is 4.99 Å². The molecule has 0 spiro atoms. The van der Waals surface area contributed by atoms with Crippen LogP contribution in [0.5, 0.6) is 0 Å². The minimum atomic E-state index is -0.453. The summed E-state index contributed by atoms with van der Waals surface area (Å²) in [5.41, 5.74) is -0.453. The molecule has 0 aliphatic heterocycles. The molecule has 1 N–H and O–H groups in total. The molecule has 100 valence electrons. The Hall–Kier alpha value is -0.770. The zero-order chi connectivity index (χ0) is 13.5. The Morgan fingerprint density at radius 2 is 1.94 bits per heavy atom. The maximum absolute atomic E-state index is 11.3. The third-order valence-corrected chi connectivity index (χ3v) is 1.63. The smallest absolute Gasteiger partial charge is 0.407 e. The van der Waals surface area contributed by atoms with E-state index in [1.54, 1.807) is 6.21 Å². The van der Waals surface area contributed by atoms with Crippen molar-refractivity contribution in [3.63, 3.8) is 0 Å². The number of aliphatic imine (C=N–C) groups is 1. The molecule has 0 radical (unpaired) electrons. The maximum Gasteiger partial charge on any atom is 0.407 e. The molecular weight excluding hydrogens is 240 g/mol. The van der Waals surface area contributed by atoms with Crippen LogP contribution in [0.25, 0.3) is 0 Å². The topological polar surface area (TPSA) is 50.7 Å². The highest BCUT2D eigenvalue weighted by Gasteiger charge is 2.15. The van der Waals surface area contributed by atoms with Crippen molar-refractivity contribution < 1.29 is 9.53 Å². The molecule has 0 unspecified atom stereocenters. The molecule has 5 heteroatoms. The van der Waals surface area contributed by atoms with Gasteiger partial charge in [0.2, 0.25) is 0 Å². The number of hydrogen-bond donors (Lipinski definition) is 1. The van der Waals surface area contributed by atoms with Crippen molar-refractivity contribution >= 4 is 23.9 Å². The van der Waals surface area contributed by atoms with E-state index in [0.29, 0.717) is 13.1 Å². The molecule has 0 fully saturated rings. The van der Waals surface area contributed by atoms with Crippen LogP contribution in [-0.2, 0) is 4.74 Å². The van der Waals surface area contributed by atoms with Crippen molar-refractivity contribution in [1.29, 1.82) is 0 Å². The Morgan fingerprint density at radius 1 is 1.35 bits per heavy atom.